The summed E-state index contributed by atoms with van der Waals surface area (Å²) in [6.07, 6.45) is 2.88. The second kappa shape index (κ2) is 7.17. The Labute approximate surface area is 137 Å². The van der Waals surface area contributed by atoms with Crippen molar-refractivity contribution in [2.24, 2.45) is 0 Å². The third kappa shape index (κ3) is 4.73. The van der Waals surface area contributed by atoms with Crippen molar-refractivity contribution in [2.45, 2.75) is 12.5 Å². The zero-order valence-electron chi connectivity index (χ0n) is 12.4. The lowest BCUT2D eigenvalue weighted by molar-refractivity contribution is -0.384. The average Bonchev–Trinajstić information content (AvgIpc) is 3.06. The van der Waals surface area contributed by atoms with Crippen LogP contribution in [0, 0.1) is 10.1 Å². The molecule has 7 heteroatoms. The normalized spacial score (nSPS) is 13.7. The van der Waals surface area contributed by atoms with Gasteiger partial charge in [-0.05, 0) is 42.1 Å². The molecule has 0 fully saturated rings. The van der Waals surface area contributed by atoms with Crippen molar-refractivity contribution in [1.29, 1.82) is 0 Å². The van der Waals surface area contributed by atoms with Gasteiger partial charge >= 0.3 is 0 Å². The lowest BCUT2D eigenvalue weighted by Gasteiger charge is -2.21. The molecule has 0 aliphatic carbocycles. The highest BCUT2D eigenvalue weighted by molar-refractivity contribution is 7.10. The van der Waals surface area contributed by atoms with Gasteiger partial charge in [0.25, 0.3) is 5.69 Å². The summed E-state index contributed by atoms with van der Waals surface area (Å²) in [7, 11) is 0. The fourth-order valence-electron chi connectivity index (χ4n) is 1.87. The van der Waals surface area contributed by atoms with Gasteiger partial charge in [-0.2, -0.15) is 0 Å². The van der Waals surface area contributed by atoms with E-state index in [9.17, 15) is 20.0 Å². The van der Waals surface area contributed by atoms with E-state index in [-0.39, 0.29) is 18.1 Å². The van der Waals surface area contributed by atoms with Gasteiger partial charge in [-0.1, -0.05) is 6.07 Å². The van der Waals surface area contributed by atoms with Crippen LogP contribution >= 0.6 is 11.3 Å². The molecular weight excluding hydrogens is 316 g/mol. The number of aliphatic hydroxyl groups is 1. The minimum atomic E-state index is -1.12. The maximum Gasteiger partial charge on any atom is 0.269 e. The highest BCUT2D eigenvalue weighted by Gasteiger charge is 2.24. The van der Waals surface area contributed by atoms with Crippen LogP contribution in [0.5, 0.6) is 0 Å². The summed E-state index contributed by atoms with van der Waals surface area (Å²) in [5, 5.41) is 25.3. The molecule has 0 aliphatic heterocycles. The number of benzene rings is 1. The first-order chi connectivity index (χ1) is 10.9. The second-order valence-corrected chi connectivity index (χ2v) is 6.10. The van der Waals surface area contributed by atoms with Gasteiger partial charge in [0.05, 0.1) is 11.5 Å². The molecule has 1 heterocycles. The number of nitrogens with one attached hydrogen (secondary N) is 1. The van der Waals surface area contributed by atoms with Gasteiger partial charge in [-0.25, -0.2) is 0 Å². The van der Waals surface area contributed by atoms with E-state index < -0.39 is 10.5 Å². The number of nitro benzene ring substituents is 1. The van der Waals surface area contributed by atoms with Crippen molar-refractivity contribution < 1.29 is 14.8 Å². The molecule has 0 saturated carbocycles. The van der Waals surface area contributed by atoms with E-state index in [0.29, 0.717) is 5.56 Å². The van der Waals surface area contributed by atoms with Crippen molar-refractivity contribution in [3.63, 3.8) is 0 Å². The minimum Gasteiger partial charge on any atom is -0.383 e. The van der Waals surface area contributed by atoms with Crippen LogP contribution in [0.15, 0.2) is 47.9 Å². The van der Waals surface area contributed by atoms with Gasteiger partial charge in [-0.15, -0.1) is 11.3 Å². The van der Waals surface area contributed by atoms with E-state index >= 15 is 0 Å². The topological polar surface area (TPSA) is 92.5 Å². The molecule has 6 nitrogen and oxygen atoms in total. The number of hydrogen-bond donors (Lipinski definition) is 2. The SMILES string of the molecule is CC(O)(CNC(=O)C=Cc1ccc([N+](=O)[O-])cc1)c1cccs1. The molecule has 0 bridgehead atoms. The summed E-state index contributed by atoms with van der Waals surface area (Å²) < 4.78 is 0. The summed E-state index contributed by atoms with van der Waals surface area (Å²) in [6, 6.07) is 9.51. The largest absolute Gasteiger partial charge is 0.383 e. The molecule has 0 spiro atoms. The first kappa shape index (κ1) is 16.9. The quantitative estimate of drug-likeness (QED) is 0.483. The fourth-order valence-corrected chi connectivity index (χ4v) is 2.66. The van der Waals surface area contributed by atoms with Crippen molar-refractivity contribution in [3.05, 3.63) is 68.4 Å². The number of nitro groups is 1. The standard InChI is InChI=1S/C16H16N2O4S/c1-16(20,14-3-2-10-23-14)11-17-15(19)9-6-12-4-7-13(8-5-12)18(21)22/h2-10,20H,11H2,1H3,(H,17,19). The molecule has 1 aromatic carbocycles. The maximum atomic E-state index is 11.8. The second-order valence-electron chi connectivity index (χ2n) is 5.15. The average molecular weight is 332 g/mol. The Morgan fingerprint density at radius 3 is 2.65 bits per heavy atom. The third-order valence-corrected chi connectivity index (χ3v) is 4.31. The van der Waals surface area contributed by atoms with Gasteiger partial charge in [-0.3, -0.25) is 14.9 Å². The van der Waals surface area contributed by atoms with Gasteiger partial charge in [0.1, 0.15) is 5.60 Å². The van der Waals surface area contributed by atoms with Crippen molar-refractivity contribution in [1.82, 2.24) is 5.32 Å². The molecule has 0 aliphatic rings. The number of amides is 1. The summed E-state index contributed by atoms with van der Waals surface area (Å²) in [5.41, 5.74) is -0.445. The molecule has 1 unspecified atom stereocenters. The summed E-state index contributed by atoms with van der Waals surface area (Å²) in [6.45, 7) is 1.73. The predicted molar refractivity (Wildman–Crippen MR) is 89.0 cm³/mol. The predicted octanol–water partition coefficient (Wildman–Crippen LogP) is 2.69. The van der Waals surface area contributed by atoms with Gasteiger partial charge < -0.3 is 10.4 Å². The van der Waals surface area contributed by atoms with Gasteiger partial charge in [0.15, 0.2) is 0 Å². The third-order valence-electron chi connectivity index (χ3n) is 3.19. The number of thiophene rings is 1. The number of carbonyl (C=O) groups is 1. The van der Waals surface area contributed by atoms with E-state index in [1.54, 1.807) is 25.1 Å². The van der Waals surface area contributed by atoms with E-state index in [0.717, 1.165) is 4.88 Å². The van der Waals surface area contributed by atoms with E-state index in [1.165, 1.54) is 29.5 Å². The molecular formula is C16H16N2O4S. The molecule has 0 saturated heterocycles. The Bertz CT molecular complexity index is 706. The summed E-state index contributed by atoms with van der Waals surface area (Å²) in [4.78, 5) is 22.6. The highest BCUT2D eigenvalue weighted by atomic mass is 32.1. The fraction of sp³-hybridized carbons (Fsp3) is 0.188. The van der Waals surface area contributed by atoms with Crippen LogP contribution in [-0.2, 0) is 10.4 Å². The molecule has 2 rings (SSSR count). The Kier molecular flexibility index (Phi) is 5.25. The number of nitrogens with zero attached hydrogens (tertiary/aromatic N) is 1. The summed E-state index contributed by atoms with van der Waals surface area (Å²) in [5.74, 6) is -0.347. The van der Waals surface area contributed by atoms with Crippen LogP contribution in [0.4, 0.5) is 5.69 Å². The lowest BCUT2D eigenvalue weighted by Crippen LogP contribution is -2.37. The lowest BCUT2D eigenvalue weighted by atomic mass is 10.1. The van der Waals surface area contributed by atoms with Crippen molar-refractivity contribution in [3.8, 4) is 0 Å². The van der Waals surface area contributed by atoms with Crippen LogP contribution in [-0.4, -0.2) is 22.5 Å². The molecule has 1 aromatic heterocycles. The Morgan fingerprint density at radius 1 is 1.39 bits per heavy atom. The maximum absolute atomic E-state index is 11.8. The molecule has 120 valence electrons. The number of carbonyl (C=O) groups excluding carboxylic acids is 1. The Hall–Kier alpha value is -2.51. The zero-order valence-corrected chi connectivity index (χ0v) is 13.2. The van der Waals surface area contributed by atoms with Crippen LogP contribution < -0.4 is 5.32 Å². The van der Waals surface area contributed by atoms with Crippen molar-refractivity contribution in [2.75, 3.05) is 6.54 Å². The zero-order chi connectivity index (χ0) is 16.9. The summed E-state index contributed by atoms with van der Waals surface area (Å²) >= 11 is 1.42. The first-order valence-electron chi connectivity index (χ1n) is 6.85. The minimum absolute atomic E-state index is 0.00130. The Balaban J connectivity index is 1.90. The van der Waals surface area contributed by atoms with Crippen LogP contribution in [0.2, 0.25) is 0 Å². The van der Waals surface area contributed by atoms with Crippen LogP contribution in [0.25, 0.3) is 6.08 Å². The molecule has 0 radical (unpaired) electrons. The number of non-ortho nitro benzene ring substituents is 1. The monoisotopic (exact) mass is 332 g/mol. The highest BCUT2D eigenvalue weighted by Crippen LogP contribution is 2.24. The molecule has 23 heavy (non-hydrogen) atoms. The first-order valence-corrected chi connectivity index (χ1v) is 7.73. The van der Waals surface area contributed by atoms with Crippen LogP contribution in [0.3, 0.4) is 0 Å². The van der Waals surface area contributed by atoms with E-state index in [2.05, 4.69) is 5.32 Å². The van der Waals surface area contributed by atoms with Crippen LogP contribution in [0.1, 0.15) is 17.4 Å². The van der Waals surface area contributed by atoms with E-state index in [4.69, 9.17) is 0 Å². The molecule has 1 amide bonds. The van der Waals surface area contributed by atoms with Gasteiger partial charge in [0.2, 0.25) is 5.91 Å². The molecule has 1 atom stereocenters. The number of rotatable bonds is 6. The molecule has 2 N–H and O–H groups in total. The Morgan fingerprint density at radius 2 is 2.09 bits per heavy atom. The number of hydrogen-bond acceptors (Lipinski definition) is 5. The molecule has 2 aromatic rings. The van der Waals surface area contributed by atoms with Gasteiger partial charge in [0, 0.05) is 23.1 Å². The smallest absolute Gasteiger partial charge is 0.269 e. The van der Waals surface area contributed by atoms with Crippen molar-refractivity contribution >= 4 is 29.0 Å². The van der Waals surface area contributed by atoms with E-state index in [1.807, 2.05) is 17.5 Å².